The number of carbonyl (C=O) groups excluding carboxylic acids is 3. The summed E-state index contributed by atoms with van der Waals surface area (Å²) < 4.78 is 21.0. The summed E-state index contributed by atoms with van der Waals surface area (Å²) in [6.07, 6.45) is -1.09. The first-order valence-corrected chi connectivity index (χ1v) is 6.59. The van der Waals surface area contributed by atoms with Gasteiger partial charge in [-0.15, -0.1) is 6.58 Å². The maximum Gasteiger partial charge on any atom is 0.303 e. The Hall–Kier alpha value is -1.89. The molecule has 7 nitrogen and oxygen atoms in total. The first-order valence-electron chi connectivity index (χ1n) is 6.59. The average molecular weight is 300 g/mol. The lowest BCUT2D eigenvalue weighted by Crippen LogP contribution is -2.57. The summed E-state index contributed by atoms with van der Waals surface area (Å²) in [5.41, 5.74) is 0. The molecule has 0 amide bonds. The first-order chi connectivity index (χ1) is 9.85. The summed E-state index contributed by atoms with van der Waals surface area (Å²) >= 11 is 0. The van der Waals surface area contributed by atoms with E-state index in [1.165, 1.54) is 20.8 Å². The highest BCUT2D eigenvalue weighted by molar-refractivity contribution is 5.68. The summed E-state index contributed by atoms with van der Waals surface area (Å²) in [4.78, 5) is 33.7. The molecule has 0 spiro atoms. The van der Waals surface area contributed by atoms with Crippen molar-refractivity contribution in [1.29, 1.82) is 0 Å². The van der Waals surface area contributed by atoms with Crippen LogP contribution in [0, 0.1) is 0 Å². The van der Waals surface area contributed by atoms with Crippen molar-refractivity contribution in [2.45, 2.75) is 51.6 Å². The van der Waals surface area contributed by atoms with Crippen molar-refractivity contribution in [1.82, 2.24) is 0 Å². The van der Waals surface area contributed by atoms with Crippen LogP contribution in [0.15, 0.2) is 12.7 Å². The van der Waals surface area contributed by atoms with Gasteiger partial charge in [-0.05, 0) is 6.42 Å². The monoisotopic (exact) mass is 300 g/mol. The van der Waals surface area contributed by atoms with Crippen molar-refractivity contribution in [3.8, 4) is 0 Å². The Morgan fingerprint density at radius 3 is 2.05 bits per heavy atom. The van der Waals surface area contributed by atoms with Gasteiger partial charge >= 0.3 is 17.9 Å². The summed E-state index contributed by atoms with van der Waals surface area (Å²) in [6, 6.07) is 0. The van der Waals surface area contributed by atoms with E-state index in [4.69, 9.17) is 18.9 Å². The Bertz CT molecular complexity index is 418. The maximum absolute atomic E-state index is 11.3. The fourth-order valence-corrected chi connectivity index (χ4v) is 2.18. The number of esters is 3. The summed E-state index contributed by atoms with van der Waals surface area (Å²) in [7, 11) is 0. The minimum Gasteiger partial charge on any atom is -0.456 e. The van der Waals surface area contributed by atoms with Crippen LogP contribution in [0.5, 0.6) is 0 Å². The molecule has 21 heavy (non-hydrogen) atoms. The summed E-state index contributed by atoms with van der Waals surface area (Å²) in [5.74, 6) is -1.64. The van der Waals surface area contributed by atoms with Crippen LogP contribution in [0.3, 0.4) is 0 Å². The van der Waals surface area contributed by atoms with Gasteiger partial charge in [-0.25, -0.2) is 0 Å². The third-order valence-corrected chi connectivity index (χ3v) is 2.85. The molecule has 1 heterocycles. The lowest BCUT2D eigenvalue weighted by atomic mass is 9.97. The van der Waals surface area contributed by atoms with Gasteiger partial charge < -0.3 is 18.9 Å². The van der Waals surface area contributed by atoms with Crippen LogP contribution in [0.2, 0.25) is 0 Å². The smallest absolute Gasteiger partial charge is 0.303 e. The van der Waals surface area contributed by atoms with Crippen LogP contribution < -0.4 is 0 Å². The van der Waals surface area contributed by atoms with Crippen molar-refractivity contribution in [2.75, 3.05) is 6.61 Å². The molecular formula is C14H20O7. The SMILES string of the molecule is C=CC[C@H]1OC[C@H](OC(C)=O)[C@H](OC(C)=O)[C@H]1OC(C)=O. The van der Waals surface area contributed by atoms with E-state index in [0.717, 1.165) is 0 Å². The standard InChI is InChI=1S/C14H20O7/c1-5-6-11-13(20-9(3)16)14(21-10(4)17)12(7-18-11)19-8(2)15/h5,11-14H,1,6-7H2,2-4H3/t11-,12+,13+,14+/m1/s1. The minimum absolute atomic E-state index is 0.0494. The molecule has 1 fully saturated rings. The lowest BCUT2D eigenvalue weighted by molar-refractivity contribution is -0.225. The van der Waals surface area contributed by atoms with E-state index in [1.54, 1.807) is 6.08 Å². The largest absolute Gasteiger partial charge is 0.456 e. The third-order valence-electron chi connectivity index (χ3n) is 2.85. The second-order valence-electron chi connectivity index (χ2n) is 4.69. The molecule has 0 radical (unpaired) electrons. The van der Waals surface area contributed by atoms with Gasteiger partial charge in [0, 0.05) is 20.8 Å². The van der Waals surface area contributed by atoms with Gasteiger partial charge in [-0.1, -0.05) is 6.08 Å². The lowest BCUT2D eigenvalue weighted by Gasteiger charge is -2.40. The molecule has 0 aromatic carbocycles. The fourth-order valence-electron chi connectivity index (χ4n) is 2.18. The molecule has 0 aromatic rings. The maximum atomic E-state index is 11.3. The molecule has 118 valence electrons. The number of rotatable bonds is 5. The molecule has 0 N–H and O–H groups in total. The van der Waals surface area contributed by atoms with E-state index < -0.39 is 42.3 Å². The second-order valence-corrected chi connectivity index (χ2v) is 4.69. The second kappa shape index (κ2) is 7.78. The van der Waals surface area contributed by atoms with Gasteiger partial charge in [-0.3, -0.25) is 14.4 Å². The van der Waals surface area contributed by atoms with E-state index in [1.807, 2.05) is 0 Å². The average Bonchev–Trinajstić information content (AvgIpc) is 2.35. The number of hydrogen-bond acceptors (Lipinski definition) is 7. The highest BCUT2D eigenvalue weighted by Crippen LogP contribution is 2.26. The van der Waals surface area contributed by atoms with Crippen molar-refractivity contribution in [3.63, 3.8) is 0 Å². The van der Waals surface area contributed by atoms with Crippen molar-refractivity contribution in [3.05, 3.63) is 12.7 Å². The molecule has 1 saturated heterocycles. The summed E-state index contributed by atoms with van der Waals surface area (Å²) in [6.45, 7) is 7.37. The Kier molecular flexibility index (Phi) is 6.36. The van der Waals surface area contributed by atoms with Crippen LogP contribution >= 0.6 is 0 Å². The Labute approximate surface area is 123 Å². The van der Waals surface area contributed by atoms with E-state index >= 15 is 0 Å². The van der Waals surface area contributed by atoms with E-state index in [0.29, 0.717) is 6.42 Å². The molecule has 4 atom stereocenters. The van der Waals surface area contributed by atoms with Crippen LogP contribution in [-0.4, -0.2) is 48.9 Å². The molecule has 1 aliphatic rings. The van der Waals surface area contributed by atoms with Gasteiger partial charge in [0.25, 0.3) is 0 Å². The van der Waals surface area contributed by atoms with E-state index in [9.17, 15) is 14.4 Å². The quantitative estimate of drug-likeness (QED) is 0.420. The molecule has 1 rings (SSSR count). The Morgan fingerprint density at radius 2 is 1.57 bits per heavy atom. The molecule has 1 aliphatic heterocycles. The molecule has 7 heteroatoms. The van der Waals surface area contributed by atoms with E-state index in [2.05, 4.69) is 6.58 Å². The zero-order valence-electron chi connectivity index (χ0n) is 12.4. The van der Waals surface area contributed by atoms with Gasteiger partial charge in [0.05, 0.1) is 6.61 Å². The molecule has 0 unspecified atom stereocenters. The Balaban J connectivity index is 2.99. The van der Waals surface area contributed by atoms with Gasteiger partial charge in [0.1, 0.15) is 6.10 Å². The number of hydrogen-bond donors (Lipinski definition) is 0. The van der Waals surface area contributed by atoms with Crippen molar-refractivity contribution >= 4 is 17.9 Å². The third kappa shape index (κ3) is 5.18. The van der Waals surface area contributed by atoms with Gasteiger partial charge in [-0.2, -0.15) is 0 Å². The predicted molar refractivity (Wildman–Crippen MR) is 71.2 cm³/mol. The molecule has 0 aromatic heterocycles. The van der Waals surface area contributed by atoms with Gasteiger partial charge in [0.15, 0.2) is 18.3 Å². The van der Waals surface area contributed by atoms with Crippen LogP contribution in [0.4, 0.5) is 0 Å². The first kappa shape index (κ1) is 17.2. The normalized spacial score (nSPS) is 28.3. The minimum atomic E-state index is -0.908. The summed E-state index contributed by atoms with van der Waals surface area (Å²) in [5, 5.41) is 0. The van der Waals surface area contributed by atoms with Crippen LogP contribution in [-0.2, 0) is 33.3 Å². The van der Waals surface area contributed by atoms with E-state index in [-0.39, 0.29) is 6.61 Å². The fraction of sp³-hybridized carbons (Fsp3) is 0.643. The zero-order valence-corrected chi connectivity index (χ0v) is 12.4. The highest BCUT2D eigenvalue weighted by atomic mass is 16.6. The van der Waals surface area contributed by atoms with Crippen LogP contribution in [0.1, 0.15) is 27.2 Å². The molecule has 0 saturated carbocycles. The van der Waals surface area contributed by atoms with Crippen molar-refractivity contribution in [2.24, 2.45) is 0 Å². The van der Waals surface area contributed by atoms with Crippen LogP contribution in [0.25, 0.3) is 0 Å². The molecular weight excluding hydrogens is 280 g/mol. The molecule has 0 aliphatic carbocycles. The van der Waals surface area contributed by atoms with Crippen molar-refractivity contribution < 1.29 is 33.3 Å². The highest BCUT2D eigenvalue weighted by Gasteiger charge is 2.46. The number of ether oxygens (including phenoxy) is 4. The number of carbonyl (C=O) groups is 3. The zero-order chi connectivity index (χ0) is 16.0. The topological polar surface area (TPSA) is 88.1 Å². The predicted octanol–water partition coefficient (Wildman–Crippen LogP) is 0.756. The van der Waals surface area contributed by atoms with Gasteiger partial charge in [0.2, 0.25) is 0 Å². The Morgan fingerprint density at radius 1 is 1.05 bits per heavy atom. The molecule has 0 bridgehead atoms.